The molecule has 1 heterocycles. The van der Waals surface area contributed by atoms with Crippen LogP contribution >= 0.6 is 11.8 Å². The van der Waals surface area contributed by atoms with Crippen LogP contribution in [0.2, 0.25) is 0 Å². The Hall–Kier alpha value is -0.370. The standard InChI is InChI=1S/C8H13NS/c1-7(2)10-8-5-3-4-6-9-8/h3-5,7,9H,6H2,1-2H3. The predicted molar refractivity (Wildman–Crippen MR) is 48.0 cm³/mol. The third-order valence-corrected chi connectivity index (χ3v) is 2.15. The van der Waals surface area contributed by atoms with Gasteiger partial charge in [-0.25, -0.2) is 0 Å². The molecule has 1 rings (SSSR count). The first-order valence-electron chi connectivity index (χ1n) is 3.56. The fourth-order valence-corrected chi connectivity index (χ4v) is 1.61. The Kier molecular flexibility index (Phi) is 2.87. The minimum Gasteiger partial charge on any atom is -0.376 e. The van der Waals surface area contributed by atoms with Crippen molar-refractivity contribution in [3.05, 3.63) is 23.3 Å². The maximum Gasteiger partial charge on any atom is 0.0686 e. The van der Waals surface area contributed by atoms with Gasteiger partial charge in [-0.1, -0.05) is 26.0 Å². The Labute approximate surface area is 66.6 Å². The van der Waals surface area contributed by atoms with Crippen molar-refractivity contribution in [3.8, 4) is 0 Å². The Bertz CT molecular complexity index is 159. The molecule has 0 aromatic heterocycles. The lowest BCUT2D eigenvalue weighted by Crippen LogP contribution is -2.14. The molecule has 2 heteroatoms. The third kappa shape index (κ3) is 2.48. The molecule has 0 unspecified atom stereocenters. The van der Waals surface area contributed by atoms with E-state index >= 15 is 0 Å². The monoisotopic (exact) mass is 155 g/mol. The molecule has 1 N–H and O–H groups in total. The number of allylic oxidation sites excluding steroid dienone is 2. The first kappa shape index (κ1) is 7.73. The largest absolute Gasteiger partial charge is 0.376 e. The summed E-state index contributed by atoms with van der Waals surface area (Å²) < 4.78 is 0. The Morgan fingerprint density at radius 1 is 1.60 bits per heavy atom. The molecule has 1 nitrogen and oxygen atoms in total. The molecule has 0 bridgehead atoms. The maximum absolute atomic E-state index is 3.29. The van der Waals surface area contributed by atoms with E-state index in [1.807, 2.05) is 11.8 Å². The van der Waals surface area contributed by atoms with Gasteiger partial charge in [0.25, 0.3) is 0 Å². The number of dihydropyridines is 1. The van der Waals surface area contributed by atoms with Crippen LogP contribution < -0.4 is 5.32 Å². The van der Waals surface area contributed by atoms with Gasteiger partial charge in [-0.3, -0.25) is 0 Å². The summed E-state index contributed by atoms with van der Waals surface area (Å²) in [6, 6.07) is 0. The molecule has 1 aliphatic rings. The molecule has 1 aliphatic heterocycles. The van der Waals surface area contributed by atoms with Gasteiger partial charge < -0.3 is 5.32 Å². The van der Waals surface area contributed by atoms with Crippen LogP contribution in [0.5, 0.6) is 0 Å². The van der Waals surface area contributed by atoms with E-state index in [0.29, 0.717) is 5.25 Å². The average molecular weight is 155 g/mol. The topological polar surface area (TPSA) is 12.0 Å². The summed E-state index contributed by atoms with van der Waals surface area (Å²) in [5, 5.41) is 5.25. The highest BCUT2D eigenvalue weighted by Gasteiger charge is 2.00. The van der Waals surface area contributed by atoms with Crippen molar-refractivity contribution in [2.24, 2.45) is 0 Å². The Balaban J connectivity index is 2.39. The van der Waals surface area contributed by atoms with Gasteiger partial charge in [0.1, 0.15) is 0 Å². The second-order valence-electron chi connectivity index (χ2n) is 2.51. The second kappa shape index (κ2) is 3.71. The quantitative estimate of drug-likeness (QED) is 0.655. The van der Waals surface area contributed by atoms with Crippen LogP contribution in [0.25, 0.3) is 0 Å². The lowest BCUT2D eigenvalue weighted by atomic mass is 10.4. The third-order valence-electron chi connectivity index (χ3n) is 1.14. The molecule has 0 amide bonds. The van der Waals surface area contributed by atoms with Crippen molar-refractivity contribution in [3.63, 3.8) is 0 Å². The fourth-order valence-electron chi connectivity index (χ4n) is 0.777. The normalized spacial score (nSPS) is 16.9. The summed E-state index contributed by atoms with van der Waals surface area (Å²) >= 11 is 1.87. The number of hydrogen-bond acceptors (Lipinski definition) is 2. The molecule has 0 saturated heterocycles. The van der Waals surface area contributed by atoms with E-state index in [-0.39, 0.29) is 0 Å². The van der Waals surface area contributed by atoms with Crippen molar-refractivity contribution in [2.75, 3.05) is 6.54 Å². The molecular weight excluding hydrogens is 142 g/mol. The number of nitrogens with one attached hydrogen (secondary N) is 1. The smallest absolute Gasteiger partial charge is 0.0686 e. The van der Waals surface area contributed by atoms with Crippen LogP contribution in [0.15, 0.2) is 23.3 Å². The van der Waals surface area contributed by atoms with Gasteiger partial charge in [-0.2, -0.15) is 0 Å². The van der Waals surface area contributed by atoms with Crippen LogP contribution in [0, 0.1) is 0 Å². The Morgan fingerprint density at radius 2 is 2.40 bits per heavy atom. The van der Waals surface area contributed by atoms with E-state index < -0.39 is 0 Å². The average Bonchev–Trinajstić information content (AvgIpc) is 1.88. The highest BCUT2D eigenvalue weighted by atomic mass is 32.2. The summed E-state index contributed by atoms with van der Waals surface area (Å²) in [6.45, 7) is 5.38. The zero-order valence-electron chi connectivity index (χ0n) is 6.42. The summed E-state index contributed by atoms with van der Waals surface area (Å²) in [5.41, 5.74) is 0. The van der Waals surface area contributed by atoms with Crippen molar-refractivity contribution in [1.29, 1.82) is 0 Å². The van der Waals surface area contributed by atoms with Crippen molar-refractivity contribution in [2.45, 2.75) is 19.1 Å². The number of rotatable bonds is 2. The van der Waals surface area contributed by atoms with E-state index in [1.54, 1.807) is 0 Å². The van der Waals surface area contributed by atoms with Crippen molar-refractivity contribution < 1.29 is 0 Å². The van der Waals surface area contributed by atoms with Gasteiger partial charge in [0.15, 0.2) is 0 Å². The molecule has 0 atom stereocenters. The van der Waals surface area contributed by atoms with Crippen LogP contribution in [0.4, 0.5) is 0 Å². The lowest BCUT2D eigenvalue weighted by molar-refractivity contribution is 0.948. The highest BCUT2D eigenvalue weighted by Crippen LogP contribution is 2.19. The number of thioether (sulfide) groups is 1. The molecule has 0 aromatic carbocycles. The zero-order valence-corrected chi connectivity index (χ0v) is 7.24. The zero-order chi connectivity index (χ0) is 7.40. The predicted octanol–water partition coefficient (Wildman–Crippen LogP) is 2.13. The molecule has 10 heavy (non-hydrogen) atoms. The van der Waals surface area contributed by atoms with E-state index in [9.17, 15) is 0 Å². The fraction of sp³-hybridized carbons (Fsp3) is 0.500. The Morgan fingerprint density at radius 3 is 2.90 bits per heavy atom. The molecule has 0 aromatic rings. The van der Waals surface area contributed by atoms with E-state index in [4.69, 9.17) is 0 Å². The summed E-state index contributed by atoms with van der Waals surface area (Å²) in [5.74, 6) is 0. The minimum atomic E-state index is 0.672. The maximum atomic E-state index is 3.29. The van der Waals surface area contributed by atoms with Gasteiger partial charge in [0.05, 0.1) is 5.03 Å². The van der Waals surface area contributed by atoms with Gasteiger partial charge in [-0.15, -0.1) is 11.8 Å². The van der Waals surface area contributed by atoms with E-state index in [0.717, 1.165) is 6.54 Å². The van der Waals surface area contributed by atoms with Crippen LogP contribution in [0.1, 0.15) is 13.8 Å². The van der Waals surface area contributed by atoms with Crippen molar-refractivity contribution >= 4 is 11.8 Å². The van der Waals surface area contributed by atoms with Crippen molar-refractivity contribution in [1.82, 2.24) is 5.32 Å². The second-order valence-corrected chi connectivity index (χ2v) is 4.12. The minimum absolute atomic E-state index is 0.672. The van der Waals surface area contributed by atoms with Gasteiger partial charge in [-0.05, 0) is 6.08 Å². The van der Waals surface area contributed by atoms with E-state index in [1.165, 1.54) is 5.03 Å². The molecule has 56 valence electrons. The summed E-state index contributed by atoms with van der Waals surface area (Å²) in [4.78, 5) is 0. The van der Waals surface area contributed by atoms with Crippen LogP contribution in [-0.2, 0) is 0 Å². The molecular formula is C8H13NS. The number of hydrogen-bond donors (Lipinski definition) is 1. The summed E-state index contributed by atoms with van der Waals surface area (Å²) in [7, 11) is 0. The van der Waals surface area contributed by atoms with Gasteiger partial charge >= 0.3 is 0 Å². The van der Waals surface area contributed by atoms with Gasteiger partial charge in [0.2, 0.25) is 0 Å². The highest BCUT2D eigenvalue weighted by molar-refractivity contribution is 8.03. The summed E-state index contributed by atoms with van der Waals surface area (Å²) in [6.07, 6.45) is 6.33. The van der Waals surface area contributed by atoms with E-state index in [2.05, 4.69) is 37.4 Å². The molecule has 0 fully saturated rings. The van der Waals surface area contributed by atoms with Crippen LogP contribution in [0.3, 0.4) is 0 Å². The molecule has 0 saturated carbocycles. The SMILES string of the molecule is CC(C)SC1=CC=CCN1. The molecule has 0 spiro atoms. The molecule has 0 aliphatic carbocycles. The lowest BCUT2D eigenvalue weighted by Gasteiger charge is -2.12. The molecule has 0 radical (unpaired) electrons. The van der Waals surface area contributed by atoms with Gasteiger partial charge in [0, 0.05) is 11.8 Å². The first-order chi connectivity index (χ1) is 4.79. The first-order valence-corrected chi connectivity index (χ1v) is 4.44. The van der Waals surface area contributed by atoms with Crippen LogP contribution in [-0.4, -0.2) is 11.8 Å².